The number of amides is 2. The van der Waals surface area contributed by atoms with Gasteiger partial charge in [-0.25, -0.2) is 4.39 Å². The summed E-state index contributed by atoms with van der Waals surface area (Å²) in [5, 5.41) is 2.83. The Labute approximate surface area is 169 Å². The van der Waals surface area contributed by atoms with E-state index in [-0.39, 0.29) is 30.0 Å². The van der Waals surface area contributed by atoms with Crippen molar-refractivity contribution in [2.75, 3.05) is 27.3 Å². The first-order chi connectivity index (χ1) is 14.0. The van der Waals surface area contributed by atoms with Crippen molar-refractivity contribution in [2.24, 2.45) is 5.92 Å². The zero-order valence-corrected chi connectivity index (χ0v) is 16.6. The summed E-state index contributed by atoms with van der Waals surface area (Å²) in [6, 6.07) is 11.6. The van der Waals surface area contributed by atoms with Gasteiger partial charge in [0.1, 0.15) is 5.82 Å². The third-order valence-electron chi connectivity index (χ3n) is 5.08. The lowest BCUT2D eigenvalue weighted by Crippen LogP contribution is -2.33. The molecule has 0 aromatic heterocycles. The van der Waals surface area contributed by atoms with E-state index in [9.17, 15) is 14.0 Å². The molecule has 0 aliphatic carbocycles. The fraction of sp³-hybridized carbons (Fsp3) is 0.364. The quantitative estimate of drug-likeness (QED) is 0.740. The Hall–Kier alpha value is -3.09. The van der Waals surface area contributed by atoms with Gasteiger partial charge in [-0.3, -0.25) is 9.59 Å². The molecule has 1 aliphatic heterocycles. The average Bonchev–Trinajstić information content (AvgIpc) is 3.12. The highest BCUT2D eigenvalue weighted by molar-refractivity contribution is 5.89. The SMILES string of the molecule is COc1ccc(CCN2C[C@H](C(=O)NCc3ccc(F)cc3)CC2=O)cc1OC. The molecule has 1 N–H and O–H groups in total. The molecule has 154 valence electrons. The number of halogens is 1. The van der Waals surface area contributed by atoms with E-state index >= 15 is 0 Å². The number of benzene rings is 2. The summed E-state index contributed by atoms with van der Waals surface area (Å²) in [6.07, 6.45) is 0.872. The van der Waals surface area contributed by atoms with E-state index in [1.165, 1.54) is 12.1 Å². The molecular weight excluding hydrogens is 375 g/mol. The van der Waals surface area contributed by atoms with Crippen molar-refractivity contribution in [1.29, 1.82) is 0 Å². The smallest absolute Gasteiger partial charge is 0.225 e. The van der Waals surface area contributed by atoms with Crippen LogP contribution in [-0.2, 0) is 22.6 Å². The van der Waals surface area contributed by atoms with Gasteiger partial charge in [0.2, 0.25) is 11.8 Å². The number of hydrogen-bond acceptors (Lipinski definition) is 4. The van der Waals surface area contributed by atoms with E-state index in [1.807, 2.05) is 18.2 Å². The van der Waals surface area contributed by atoms with Crippen LogP contribution in [0.1, 0.15) is 17.5 Å². The highest BCUT2D eigenvalue weighted by Crippen LogP contribution is 2.28. The number of rotatable bonds is 8. The Kier molecular flexibility index (Phi) is 6.69. The molecule has 1 aliphatic rings. The van der Waals surface area contributed by atoms with E-state index in [4.69, 9.17) is 9.47 Å². The predicted octanol–water partition coefficient (Wildman–Crippen LogP) is 2.55. The highest BCUT2D eigenvalue weighted by atomic mass is 19.1. The lowest BCUT2D eigenvalue weighted by molar-refractivity contribution is -0.129. The Morgan fingerprint density at radius 3 is 2.48 bits per heavy atom. The summed E-state index contributed by atoms with van der Waals surface area (Å²) in [4.78, 5) is 26.4. The molecule has 29 heavy (non-hydrogen) atoms. The molecule has 1 heterocycles. The van der Waals surface area contributed by atoms with Gasteiger partial charge in [-0.15, -0.1) is 0 Å². The summed E-state index contributed by atoms with van der Waals surface area (Å²) < 4.78 is 23.5. The molecule has 6 nitrogen and oxygen atoms in total. The largest absolute Gasteiger partial charge is 0.493 e. The van der Waals surface area contributed by atoms with Crippen LogP contribution in [-0.4, -0.2) is 44.0 Å². The molecule has 2 amide bonds. The van der Waals surface area contributed by atoms with Crippen molar-refractivity contribution in [1.82, 2.24) is 10.2 Å². The van der Waals surface area contributed by atoms with Crippen LogP contribution in [0.5, 0.6) is 11.5 Å². The lowest BCUT2D eigenvalue weighted by Gasteiger charge is -2.17. The van der Waals surface area contributed by atoms with Crippen LogP contribution in [0.15, 0.2) is 42.5 Å². The van der Waals surface area contributed by atoms with Gasteiger partial charge < -0.3 is 19.7 Å². The minimum absolute atomic E-state index is 0.0209. The second-order valence-electron chi connectivity index (χ2n) is 7.02. The minimum Gasteiger partial charge on any atom is -0.493 e. The molecule has 2 aromatic rings. The van der Waals surface area contributed by atoms with Crippen molar-refractivity contribution in [3.8, 4) is 11.5 Å². The predicted molar refractivity (Wildman–Crippen MR) is 106 cm³/mol. The zero-order valence-electron chi connectivity index (χ0n) is 16.6. The van der Waals surface area contributed by atoms with Crippen LogP contribution in [0.2, 0.25) is 0 Å². The third-order valence-corrected chi connectivity index (χ3v) is 5.08. The van der Waals surface area contributed by atoms with Crippen LogP contribution < -0.4 is 14.8 Å². The summed E-state index contributed by atoms with van der Waals surface area (Å²) in [5.41, 5.74) is 1.84. The number of ether oxygens (including phenoxy) is 2. The third kappa shape index (κ3) is 5.25. The van der Waals surface area contributed by atoms with E-state index in [0.717, 1.165) is 11.1 Å². The number of nitrogens with one attached hydrogen (secondary N) is 1. The maximum absolute atomic E-state index is 12.9. The Bertz CT molecular complexity index is 870. The number of likely N-dealkylation sites (tertiary alicyclic amines) is 1. The van der Waals surface area contributed by atoms with Crippen LogP contribution in [0.25, 0.3) is 0 Å². The normalized spacial score (nSPS) is 16.0. The van der Waals surface area contributed by atoms with E-state index in [1.54, 1.807) is 31.3 Å². The Morgan fingerprint density at radius 1 is 1.10 bits per heavy atom. The minimum atomic E-state index is -0.367. The molecule has 1 saturated heterocycles. The van der Waals surface area contributed by atoms with Gasteiger partial charge in [0.25, 0.3) is 0 Å². The van der Waals surface area contributed by atoms with Gasteiger partial charge in [0.05, 0.1) is 20.1 Å². The van der Waals surface area contributed by atoms with Crippen LogP contribution in [0, 0.1) is 11.7 Å². The Morgan fingerprint density at radius 2 is 1.79 bits per heavy atom. The molecule has 0 spiro atoms. The summed E-state index contributed by atoms with van der Waals surface area (Å²) >= 11 is 0. The summed E-state index contributed by atoms with van der Waals surface area (Å²) in [7, 11) is 3.17. The van der Waals surface area contributed by atoms with E-state index in [2.05, 4.69) is 5.32 Å². The topological polar surface area (TPSA) is 67.9 Å². The summed E-state index contributed by atoms with van der Waals surface area (Å²) in [6.45, 7) is 1.26. The number of carbonyl (C=O) groups excluding carboxylic acids is 2. The molecule has 7 heteroatoms. The number of carbonyl (C=O) groups is 2. The van der Waals surface area contributed by atoms with E-state index in [0.29, 0.717) is 37.6 Å². The van der Waals surface area contributed by atoms with Crippen LogP contribution in [0.4, 0.5) is 4.39 Å². The lowest BCUT2D eigenvalue weighted by atomic mass is 10.1. The Balaban J connectivity index is 1.50. The van der Waals surface area contributed by atoms with Crippen molar-refractivity contribution >= 4 is 11.8 Å². The molecule has 0 radical (unpaired) electrons. The molecule has 1 fully saturated rings. The van der Waals surface area contributed by atoms with Gasteiger partial charge >= 0.3 is 0 Å². The van der Waals surface area contributed by atoms with Crippen molar-refractivity contribution in [3.63, 3.8) is 0 Å². The highest BCUT2D eigenvalue weighted by Gasteiger charge is 2.33. The van der Waals surface area contributed by atoms with Crippen molar-refractivity contribution in [2.45, 2.75) is 19.4 Å². The average molecular weight is 400 g/mol. The monoisotopic (exact) mass is 400 g/mol. The second-order valence-corrected chi connectivity index (χ2v) is 7.02. The first-order valence-electron chi connectivity index (χ1n) is 9.51. The number of methoxy groups -OCH3 is 2. The first-order valence-corrected chi connectivity index (χ1v) is 9.51. The number of hydrogen-bond donors (Lipinski definition) is 1. The second kappa shape index (κ2) is 9.41. The van der Waals surface area contributed by atoms with Gasteiger partial charge in [-0.05, 0) is 41.8 Å². The maximum Gasteiger partial charge on any atom is 0.225 e. The zero-order chi connectivity index (χ0) is 20.8. The molecule has 2 aromatic carbocycles. The molecule has 0 saturated carbocycles. The standard InChI is InChI=1S/C22H25FN2O4/c1-28-19-8-5-15(11-20(19)29-2)9-10-25-14-17(12-21(25)26)22(27)24-13-16-3-6-18(23)7-4-16/h3-8,11,17H,9-10,12-14H2,1-2H3,(H,24,27)/t17-/m1/s1. The van der Waals surface area contributed by atoms with E-state index < -0.39 is 0 Å². The van der Waals surface area contributed by atoms with Gasteiger partial charge in [-0.1, -0.05) is 18.2 Å². The van der Waals surface area contributed by atoms with Crippen LogP contribution in [0.3, 0.4) is 0 Å². The molecule has 1 atom stereocenters. The van der Waals surface area contributed by atoms with Crippen LogP contribution >= 0.6 is 0 Å². The number of nitrogens with zero attached hydrogens (tertiary/aromatic N) is 1. The fourth-order valence-corrected chi connectivity index (χ4v) is 3.40. The molecular formula is C22H25FN2O4. The van der Waals surface area contributed by atoms with Gasteiger partial charge in [0.15, 0.2) is 11.5 Å². The van der Waals surface area contributed by atoms with Crippen molar-refractivity contribution < 1.29 is 23.5 Å². The first kappa shape index (κ1) is 20.6. The van der Waals surface area contributed by atoms with Gasteiger partial charge in [-0.2, -0.15) is 0 Å². The fourth-order valence-electron chi connectivity index (χ4n) is 3.40. The molecule has 3 rings (SSSR count). The maximum atomic E-state index is 12.9. The van der Waals surface area contributed by atoms with Gasteiger partial charge in [0, 0.05) is 26.1 Å². The molecule has 0 unspecified atom stereocenters. The molecule has 0 bridgehead atoms. The van der Waals surface area contributed by atoms with Crippen molar-refractivity contribution in [3.05, 3.63) is 59.4 Å². The summed E-state index contributed by atoms with van der Waals surface area (Å²) in [5.74, 6) is 0.450.